The van der Waals surface area contributed by atoms with Crippen LogP contribution in [0.1, 0.15) is 24.8 Å². The molecule has 2 rings (SSSR count). The molecule has 28 heavy (non-hydrogen) atoms. The third-order valence-electron chi connectivity index (χ3n) is 4.95. The van der Waals surface area contributed by atoms with Crippen LogP contribution in [0.15, 0.2) is 35.3 Å². The number of thioether (sulfide) groups is 1. The molecule has 1 heterocycles. The van der Waals surface area contributed by atoms with Crippen LogP contribution in [0.5, 0.6) is 0 Å². The van der Waals surface area contributed by atoms with Crippen molar-refractivity contribution in [2.45, 2.75) is 25.8 Å². The van der Waals surface area contributed by atoms with Crippen molar-refractivity contribution in [1.29, 1.82) is 0 Å². The van der Waals surface area contributed by atoms with E-state index < -0.39 is 0 Å². The molecule has 1 aliphatic rings. The average Bonchev–Trinajstić information content (AvgIpc) is 2.71. The molecule has 1 aliphatic heterocycles. The van der Waals surface area contributed by atoms with Gasteiger partial charge >= 0.3 is 0 Å². The fraction of sp³-hybridized carbons (Fsp3) is 0.667. The van der Waals surface area contributed by atoms with Gasteiger partial charge < -0.3 is 15.5 Å². The van der Waals surface area contributed by atoms with Gasteiger partial charge in [-0.05, 0) is 43.4 Å². The van der Waals surface area contributed by atoms with Crippen LogP contribution in [0.2, 0.25) is 0 Å². The molecule has 1 saturated heterocycles. The first-order valence-electron chi connectivity index (χ1n) is 10.2. The predicted octanol–water partition coefficient (Wildman–Crippen LogP) is 3.12. The van der Waals surface area contributed by atoms with Crippen LogP contribution >= 0.6 is 35.7 Å². The number of unbranched alkanes of at least 4 members (excludes halogenated alkanes) is 1. The number of benzene rings is 1. The van der Waals surface area contributed by atoms with Crippen molar-refractivity contribution in [2.75, 3.05) is 64.9 Å². The van der Waals surface area contributed by atoms with E-state index in [-0.39, 0.29) is 24.0 Å². The minimum Gasteiger partial charge on any atom is -0.356 e. The lowest BCUT2D eigenvalue weighted by Crippen LogP contribution is -2.46. The Morgan fingerprint density at radius 1 is 0.964 bits per heavy atom. The van der Waals surface area contributed by atoms with Gasteiger partial charge in [-0.2, -0.15) is 11.8 Å². The summed E-state index contributed by atoms with van der Waals surface area (Å²) in [7, 11) is 1.85. The number of rotatable bonds is 11. The molecule has 0 aromatic heterocycles. The van der Waals surface area contributed by atoms with Gasteiger partial charge in [0.05, 0.1) is 0 Å². The van der Waals surface area contributed by atoms with Crippen molar-refractivity contribution in [3.63, 3.8) is 0 Å². The second-order valence-corrected chi connectivity index (χ2v) is 8.07. The molecule has 1 fully saturated rings. The molecular weight excluding hydrogens is 481 g/mol. The first-order chi connectivity index (χ1) is 13.3. The maximum Gasteiger partial charge on any atom is 0.190 e. The van der Waals surface area contributed by atoms with Crippen LogP contribution in [0.4, 0.5) is 0 Å². The van der Waals surface area contributed by atoms with Gasteiger partial charge in [-0.3, -0.25) is 9.89 Å². The molecule has 1 aromatic carbocycles. The normalized spacial score (nSPS) is 15.9. The lowest BCUT2D eigenvalue weighted by molar-refractivity contribution is 0.126. The van der Waals surface area contributed by atoms with Crippen molar-refractivity contribution in [3.8, 4) is 0 Å². The third-order valence-corrected chi connectivity index (χ3v) is 5.65. The van der Waals surface area contributed by atoms with Crippen LogP contribution in [0.3, 0.4) is 0 Å². The maximum absolute atomic E-state index is 4.31. The first kappa shape index (κ1) is 25.5. The number of guanidine groups is 1. The van der Waals surface area contributed by atoms with Crippen molar-refractivity contribution in [1.82, 2.24) is 20.4 Å². The van der Waals surface area contributed by atoms with Gasteiger partial charge in [0.1, 0.15) is 0 Å². The number of nitrogens with one attached hydrogen (secondary N) is 2. The van der Waals surface area contributed by atoms with Crippen LogP contribution in [0.25, 0.3) is 0 Å². The van der Waals surface area contributed by atoms with E-state index in [2.05, 4.69) is 62.0 Å². The molecule has 2 N–H and O–H groups in total. The molecular formula is C21H38IN5S. The average molecular weight is 520 g/mol. The van der Waals surface area contributed by atoms with E-state index in [4.69, 9.17) is 0 Å². The molecule has 0 aliphatic carbocycles. The van der Waals surface area contributed by atoms with Gasteiger partial charge in [0, 0.05) is 52.9 Å². The van der Waals surface area contributed by atoms with E-state index in [1.165, 1.54) is 50.3 Å². The standard InChI is InChI=1S/C21H37N5S.HI/c1-22-21(23-11-6-7-18-27-2)24-12-8-13-25-14-16-26(17-15-25)19-20-9-4-3-5-10-20;/h3-5,9-10H,6-8,11-19H2,1-2H3,(H2,22,23,24);1H. The summed E-state index contributed by atoms with van der Waals surface area (Å²) < 4.78 is 0. The summed E-state index contributed by atoms with van der Waals surface area (Å²) >= 11 is 1.92. The topological polar surface area (TPSA) is 42.9 Å². The van der Waals surface area contributed by atoms with Gasteiger partial charge in [-0.25, -0.2) is 0 Å². The van der Waals surface area contributed by atoms with Crippen LogP contribution in [-0.4, -0.2) is 80.6 Å². The number of piperazine rings is 1. The van der Waals surface area contributed by atoms with E-state index in [0.717, 1.165) is 38.6 Å². The predicted molar refractivity (Wildman–Crippen MR) is 135 cm³/mol. The third kappa shape index (κ3) is 10.9. The number of hydrogen-bond acceptors (Lipinski definition) is 4. The van der Waals surface area contributed by atoms with Crippen molar-refractivity contribution < 1.29 is 0 Å². The van der Waals surface area contributed by atoms with Gasteiger partial charge in [-0.15, -0.1) is 24.0 Å². The Kier molecular flexibility index (Phi) is 14.9. The summed E-state index contributed by atoms with van der Waals surface area (Å²) in [5, 5.41) is 6.84. The second-order valence-electron chi connectivity index (χ2n) is 7.08. The number of aliphatic imine (C=N–C) groups is 1. The van der Waals surface area contributed by atoms with E-state index in [1.807, 2.05) is 18.8 Å². The molecule has 0 unspecified atom stereocenters. The number of halogens is 1. The Morgan fingerprint density at radius 2 is 1.61 bits per heavy atom. The highest BCUT2D eigenvalue weighted by Gasteiger charge is 2.16. The first-order valence-corrected chi connectivity index (χ1v) is 11.6. The van der Waals surface area contributed by atoms with E-state index in [9.17, 15) is 0 Å². The number of nitrogens with zero attached hydrogens (tertiary/aromatic N) is 3. The van der Waals surface area contributed by atoms with Crippen molar-refractivity contribution in [3.05, 3.63) is 35.9 Å². The van der Waals surface area contributed by atoms with Crippen LogP contribution < -0.4 is 10.6 Å². The second kappa shape index (κ2) is 16.3. The summed E-state index contributed by atoms with van der Waals surface area (Å²) in [5.41, 5.74) is 1.42. The zero-order valence-electron chi connectivity index (χ0n) is 17.5. The zero-order chi connectivity index (χ0) is 19.2. The molecule has 7 heteroatoms. The van der Waals surface area contributed by atoms with E-state index in [0.29, 0.717) is 0 Å². The molecule has 0 atom stereocenters. The minimum atomic E-state index is 0. The Balaban J connectivity index is 0.00000392. The molecule has 0 amide bonds. The van der Waals surface area contributed by atoms with Gasteiger partial charge in [-0.1, -0.05) is 30.3 Å². The molecule has 5 nitrogen and oxygen atoms in total. The van der Waals surface area contributed by atoms with Crippen molar-refractivity contribution in [2.24, 2.45) is 4.99 Å². The van der Waals surface area contributed by atoms with Gasteiger partial charge in [0.25, 0.3) is 0 Å². The Labute approximate surface area is 193 Å². The number of hydrogen-bond donors (Lipinski definition) is 2. The summed E-state index contributed by atoms with van der Waals surface area (Å²) in [4.78, 5) is 9.46. The Bertz CT molecular complexity index is 521. The SMILES string of the molecule is CN=C(NCCCCSC)NCCCN1CCN(Cc2ccccc2)CC1.I. The van der Waals surface area contributed by atoms with Gasteiger partial charge in [0.2, 0.25) is 0 Å². The van der Waals surface area contributed by atoms with Gasteiger partial charge in [0.15, 0.2) is 5.96 Å². The van der Waals surface area contributed by atoms with Crippen LogP contribution in [-0.2, 0) is 6.54 Å². The maximum atomic E-state index is 4.31. The van der Waals surface area contributed by atoms with E-state index in [1.54, 1.807) is 0 Å². The highest BCUT2D eigenvalue weighted by molar-refractivity contribution is 14.0. The largest absolute Gasteiger partial charge is 0.356 e. The molecule has 0 radical (unpaired) electrons. The van der Waals surface area contributed by atoms with Crippen LogP contribution in [0, 0.1) is 0 Å². The molecule has 160 valence electrons. The molecule has 0 bridgehead atoms. The molecule has 0 saturated carbocycles. The fourth-order valence-corrected chi connectivity index (χ4v) is 3.81. The summed E-state index contributed by atoms with van der Waals surface area (Å²) in [6.07, 6.45) is 5.79. The summed E-state index contributed by atoms with van der Waals surface area (Å²) in [5.74, 6) is 2.18. The molecule has 0 spiro atoms. The van der Waals surface area contributed by atoms with Crippen molar-refractivity contribution >= 4 is 41.7 Å². The lowest BCUT2D eigenvalue weighted by atomic mass is 10.2. The smallest absolute Gasteiger partial charge is 0.190 e. The Hall–Kier alpha value is -0.510. The summed E-state index contributed by atoms with van der Waals surface area (Å²) in [6, 6.07) is 10.8. The Morgan fingerprint density at radius 3 is 2.25 bits per heavy atom. The minimum absolute atomic E-state index is 0. The summed E-state index contributed by atoms with van der Waals surface area (Å²) in [6.45, 7) is 8.91. The van der Waals surface area contributed by atoms with E-state index >= 15 is 0 Å². The lowest BCUT2D eigenvalue weighted by Gasteiger charge is -2.34. The molecule has 1 aromatic rings. The highest BCUT2D eigenvalue weighted by Crippen LogP contribution is 2.08. The quantitative estimate of drug-likeness (QED) is 0.204. The highest BCUT2D eigenvalue weighted by atomic mass is 127. The monoisotopic (exact) mass is 519 g/mol. The fourth-order valence-electron chi connectivity index (χ4n) is 3.32. The zero-order valence-corrected chi connectivity index (χ0v) is 20.7.